The lowest BCUT2D eigenvalue weighted by Crippen LogP contribution is -2.24. The van der Waals surface area contributed by atoms with Gasteiger partial charge in [-0.1, -0.05) is 37.1 Å². The molecule has 0 spiro atoms. The highest BCUT2D eigenvalue weighted by atomic mass is 14.9. The normalized spacial score (nSPS) is 20.4. The van der Waals surface area contributed by atoms with Crippen molar-refractivity contribution >= 4 is 11.9 Å². The van der Waals surface area contributed by atoms with Crippen molar-refractivity contribution in [3.8, 4) is 0 Å². The van der Waals surface area contributed by atoms with Crippen LogP contribution in [-0.4, -0.2) is 0 Å². The largest absolute Gasteiger partial charge is 0.260 e. The Morgan fingerprint density at radius 2 is 1.86 bits per heavy atom. The predicted octanol–water partition coefficient (Wildman–Crippen LogP) is 1.34. The first kappa shape index (κ1) is 8.10. The standard InChI is InChI=1S/C13H14N/c1-2-6-10(5-1)13-12-8-4-3-7-11(12)9-14-13/h3-4,7-10H,1-2,5-6H2. The number of benzene rings is 1. The van der Waals surface area contributed by atoms with Crippen LogP contribution in [0, 0.1) is 5.92 Å². The Morgan fingerprint density at radius 3 is 2.71 bits per heavy atom. The summed E-state index contributed by atoms with van der Waals surface area (Å²) in [6, 6.07) is 8.56. The van der Waals surface area contributed by atoms with Crippen molar-refractivity contribution in [1.82, 2.24) is 5.32 Å². The minimum Gasteiger partial charge on any atom is -0.260 e. The molecule has 0 amide bonds. The molecule has 1 aliphatic carbocycles. The molecule has 3 rings (SSSR count). The van der Waals surface area contributed by atoms with Gasteiger partial charge < -0.3 is 0 Å². The van der Waals surface area contributed by atoms with Gasteiger partial charge in [0.1, 0.15) is 0 Å². The van der Waals surface area contributed by atoms with Crippen LogP contribution in [0.5, 0.6) is 0 Å². The molecule has 0 N–H and O–H groups in total. The predicted molar refractivity (Wildman–Crippen MR) is 57.7 cm³/mol. The summed E-state index contributed by atoms with van der Waals surface area (Å²) in [7, 11) is 0. The lowest BCUT2D eigenvalue weighted by molar-refractivity contribution is 0.680. The molecule has 1 saturated carbocycles. The fourth-order valence-electron chi connectivity index (χ4n) is 2.58. The number of fused-ring (bicyclic) bond motifs is 1. The van der Waals surface area contributed by atoms with E-state index in [0.29, 0.717) is 0 Å². The van der Waals surface area contributed by atoms with Crippen LogP contribution in [0.4, 0.5) is 0 Å². The molecule has 14 heavy (non-hydrogen) atoms. The van der Waals surface area contributed by atoms with Crippen molar-refractivity contribution in [2.45, 2.75) is 25.7 Å². The fraction of sp³-hybridized carbons (Fsp3) is 0.385. The Balaban J connectivity index is 2.14. The van der Waals surface area contributed by atoms with Crippen LogP contribution < -0.4 is 15.8 Å². The average Bonchev–Trinajstić information content (AvgIpc) is 2.85. The molecule has 2 aliphatic rings. The van der Waals surface area contributed by atoms with E-state index in [2.05, 4.69) is 29.6 Å². The molecule has 1 fully saturated rings. The summed E-state index contributed by atoms with van der Waals surface area (Å²) in [4.78, 5) is 0. The van der Waals surface area contributed by atoms with Crippen molar-refractivity contribution < 1.29 is 0 Å². The molecule has 0 saturated heterocycles. The number of hydrogen-bond donors (Lipinski definition) is 0. The number of hydrogen-bond acceptors (Lipinski definition) is 0. The first-order valence-corrected chi connectivity index (χ1v) is 5.45. The Kier molecular flexibility index (Phi) is 1.83. The monoisotopic (exact) mass is 184 g/mol. The fourth-order valence-corrected chi connectivity index (χ4v) is 2.58. The maximum atomic E-state index is 4.58. The Morgan fingerprint density at radius 1 is 1.07 bits per heavy atom. The van der Waals surface area contributed by atoms with Crippen LogP contribution in [0.1, 0.15) is 25.7 Å². The lowest BCUT2D eigenvalue weighted by Gasteiger charge is -2.08. The third-order valence-corrected chi connectivity index (χ3v) is 3.32. The second kappa shape index (κ2) is 3.16. The highest BCUT2D eigenvalue weighted by Crippen LogP contribution is 2.30. The maximum Gasteiger partial charge on any atom is 0.0513 e. The van der Waals surface area contributed by atoms with Gasteiger partial charge in [0.25, 0.3) is 0 Å². The minimum absolute atomic E-state index is 0.731. The zero-order valence-electron chi connectivity index (χ0n) is 8.24. The third kappa shape index (κ3) is 1.16. The summed E-state index contributed by atoms with van der Waals surface area (Å²) >= 11 is 0. The van der Waals surface area contributed by atoms with Crippen LogP contribution in [0.2, 0.25) is 0 Å². The Hall–Kier alpha value is -1.24. The molecule has 0 unspecified atom stereocenters. The average molecular weight is 184 g/mol. The molecular formula is C13H14N. The van der Waals surface area contributed by atoms with Gasteiger partial charge in [-0.25, -0.2) is 0 Å². The first-order valence-electron chi connectivity index (χ1n) is 5.45. The minimum atomic E-state index is 0.731. The first-order chi connectivity index (χ1) is 6.95. The third-order valence-electron chi connectivity index (χ3n) is 3.32. The van der Waals surface area contributed by atoms with Crippen LogP contribution in [0.25, 0.3) is 11.9 Å². The molecule has 1 aliphatic heterocycles. The molecule has 1 nitrogen and oxygen atoms in total. The van der Waals surface area contributed by atoms with Gasteiger partial charge in [0.15, 0.2) is 0 Å². The molecule has 0 bridgehead atoms. The van der Waals surface area contributed by atoms with Gasteiger partial charge in [0.05, 0.1) is 5.70 Å². The Bertz CT molecular complexity index is 452. The molecule has 0 aromatic heterocycles. The van der Waals surface area contributed by atoms with E-state index in [-0.39, 0.29) is 0 Å². The van der Waals surface area contributed by atoms with Crippen LogP contribution in [0.3, 0.4) is 0 Å². The van der Waals surface area contributed by atoms with Gasteiger partial charge >= 0.3 is 0 Å². The van der Waals surface area contributed by atoms with Gasteiger partial charge in [0, 0.05) is 22.6 Å². The van der Waals surface area contributed by atoms with Crippen molar-refractivity contribution in [3.05, 3.63) is 34.7 Å². The summed E-state index contributed by atoms with van der Waals surface area (Å²) in [6.45, 7) is 0. The van der Waals surface area contributed by atoms with E-state index in [4.69, 9.17) is 0 Å². The summed E-state index contributed by atoms with van der Waals surface area (Å²) in [5.74, 6) is 0.731. The van der Waals surface area contributed by atoms with Gasteiger partial charge in [-0.3, -0.25) is 5.32 Å². The van der Waals surface area contributed by atoms with Gasteiger partial charge in [0.2, 0.25) is 0 Å². The van der Waals surface area contributed by atoms with Gasteiger partial charge in [-0.2, -0.15) is 0 Å². The second-order valence-electron chi connectivity index (χ2n) is 4.21. The molecule has 1 radical (unpaired) electrons. The van der Waals surface area contributed by atoms with E-state index >= 15 is 0 Å². The van der Waals surface area contributed by atoms with Crippen molar-refractivity contribution in [2.75, 3.05) is 0 Å². The van der Waals surface area contributed by atoms with Crippen molar-refractivity contribution in [2.24, 2.45) is 5.92 Å². The van der Waals surface area contributed by atoms with E-state index in [9.17, 15) is 0 Å². The van der Waals surface area contributed by atoms with E-state index in [1.807, 2.05) is 6.20 Å². The summed E-state index contributed by atoms with van der Waals surface area (Å²) < 4.78 is 0. The van der Waals surface area contributed by atoms with E-state index in [1.54, 1.807) is 0 Å². The highest BCUT2D eigenvalue weighted by molar-refractivity contribution is 5.57. The molecule has 1 heteroatoms. The Labute approximate surface area is 84.1 Å². The SMILES string of the molecule is C1=c2ccccc2=C(C2CCCC2)[N]1. The summed E-state index contributed by atoms with van der Waals surface area (Å²) in [5.41, 5.74) is 1.35. The van der Waals surface area contributed by atoms with Crippen LogP contribution in [0.15, 0.2) is 24.3 Å². The topological polar surface area (TPSA) is 14.1 Å². The quantitative estimate of drug-likeness (QED) is 0.625. The molecule has 0 atom stereocenters. The van der Waals surface area contributed by atoms with E-state index < -0.39 is 0 Å². The van der Waals surface area contributed by atoms with Crippen molar-refractivity contribution in [3.63, 3.8) is 0 Å². The zero-order chi connectivity index (χ0) is 9.38. The second-order valence-corrected chi connectivity index (χ2v) is 4.21. The lowest BCUT2D eigenvalue weighted by atomic mass is 10.0. The highest BCUT2D eigenvalue weighted by Gasteiger charge is 2.22. The number of nitrogens with zero attached hydrogens (tertiary/aromatic N) is 1. The zero-order valence-corrected chi connectivity index (χ0v) is 8.24. The van der Waals surface area contributed by atoms with E-state index in [1.165, 1.54) is 41.8 Å². The van der Waals surface area contributed by atoms with Gasteiger partial charge in [-0.05, 0) is 12.8 Å². The van der Waals surface area contributed by atoms with Crippen molar-refractivity contribution in [1.29, 1.82) is 0 Å². The molecule has 1 heterocycles. The number of rotatable bonds is 1. The molecular weight excluding hydrogens is 170 g/mol. The molecule has 1 aromatic rings. The van der Waals surface area contributed by atoms with Gasteiger partial charge in [-0.15, -0.1) is 0 Å². The smallest absolute Gasteiger partial charge is 0.0513 e. The summed E-state index contributed by atoms with van der Waals surface area (Å²) in [6.07, 6.45) is 7.45. The van der Waals surface area contributed by atoms with E-state index in [0.717, 1.165) is 5.92 Å². The molecule has 1 aromatic carbocycles. The maximum absolute atomic E-state index is 4.58. The van der Waals surface area contributed by atoms with Crippen LogP contribution >= 0.6 is 0 Å². The summed E-state index contributed by atoms with van der Waals surface area (Å²) in [5, 5.41) is 7.25. The van der Waals surface area contributed by atoms with Crippen LogP contribution in [-0.2, 0) is 0 Å². The molecule has 71 valence electrons.